The summed E-state index contributed by atoms with van der Waals surface area (Å²) in [6, 6.07) is 5.99. The van der Waals surface area contributed by atoms with Gasteiger partial charge in [-0.05, 0) is 30.2 Å². The SMILES string of the molecule is Cn1cncc1[C@@H]1CN(CCOc2ccc3c(c2)CCC(=O)N3)C[C@H]1N. The van der Waals surface area contributed by atoms with Gasteiger partial charge in [-0.1, -0.05) is 0 Å². The summed E-state index contributed by atoms with van der Waals surface area (Å²) < 4.78 is 7.99. The first-order valence-corrected chi connectivity index (χ1v) is 9.10. The molecule has 3 heterocycles. The highest BCUT2D eigenvalue weighted by Gasteiger charge is 2.32. The van der Waals surface area contributed by atoms with Crippen LogP contribution in [0.15, 0.2) is 30.7 Å². The van der Waals surface area contributed by atoms with Crippen molar-refractivity contribution in [3.8, 4) is 5.75 Å². The number of likely N-dealkylation sites (tertiary alicyclic amines) is 1. The smallest absolute Gasteiger partial charge is 0.224 e. The Morgan fingerprint density at radius 3 is 3.04 bits per heavy atom. The predicted octanol–water partition coefficient (Wildman–Crippen LogP) is 1.11. The molecule has 1 aromatic heterocycles. The normalized spacial score (nSPS) is 22.9. The quantitative estimate of drug-likeness (QED) is 0.839. The average Bonchev–Trinajstić information content (AvgIpc) is 3.20. The van der Waals surface area contributed by atoms with Gasteiger partial charge in [-0.15, -0.1) is 0 Å². The van der Waals surface area contributed by atoms with Crippen molar-refractivity contribution in [2.24, 2.45) is 12.8 Å². The molecule has 1 aromatic carbocycles. The van der Waals surface area contributed by atoms with Gasteiger partial charge in [0.2, 0.25) is 5.91 Å². The maximum absolute atomic E-state index is 11.4. The molecule has 1 saturated heterocycles. The number of fused-ring (bicyclic) bond motifs is 1. The van der Waals surface area contributed by atoms with Crippen LogP contribution in [0.2, 0.25) is 0 Å². The second-order valence-corrected chi connectivity index (χ2v) is 7.17. The van der Waals surface area contributed by atoms with E-state index in [1.807, 2.05) is 37.8 Å². The van der Waals surface area contributed by atoms with Gasteiger partial charge in [0.25, 0.3) is 0 Å². The van der Waals surface area contributed by atoms with Crippen LogP contribution >= 0.6 is 0 Å². The van der Waals surface area contributed by atoms with E-state index in [0.717, 1.165) is 43.1 Å². The zero-order chi connectivity index (χ0) is 18.1. The van der Waals surface area contributed by atoms with E-state index in [-0.39, 0.29) is 11.9 Å². The molecular formula is C19H25N5O2. The van der Waals surface area contributed by atoms with Gasteiger partial charge in [-0.2, -0.15) is 0 Å². The van der Waals surface area contributed by atoms with E-state index < -0.39 is 0 Å². The molecule has 2 aliphatic rings. The second-order valence-electron chi connectivity index (χ2n) is 7.17. The maximum Gasteiger partial charge on any atom is 0.224 e. The van der Waals surface area contributed by atoms with Gasteiger partial charge in [0.05, 0.1) is 6.33 Å². The summed E-state index contributed by atoms with van der Waals surface area (Å²) in [5, 5.41) is 2.89. The monoisotopic (exact) mass is 355 g/mol. The Kier molecular flexibility index (Phi) is 4.65. The van der Waals surface area contributed by atoms with Crippen molar-refractivity contribution in [3.05, 3.63) is 42.0 Å². The summed E-state index contributed by atoms with van der Waals surface area (Å²) in [4.78, 5) is 18.0. The fraction of sp³-hybridized carbons (Fsp3) is 0.474. The predicted molar refractivity (Wildman–Crippen MR) is 99.3 cm³/mol. The number of hydrogen-bond acceptors (Lipinski definition) is 5. The van der Waals surface area contributed by atoms with Crippen LogP contribution in [0.3, 0.4) is 0 Å². The molecule has 1 amide bonds. The molecule has 7 heteroatoms. The zero-order valence-corrected chi connectivity index (χ0v) is 15.0. The molecular weight excluding hydrogens is 330 g/mol. The van der Waals surface area contributed by atoms with Crippen LogP contribution in [0.25, 0.3) is 0 Å². The Morgan fingerprint density at radius 2 is 2.23 bits per heavy atom. The van der Waals surface area contributed by atoms with Crippen LogP contribution in [-0.2, 0) is 18.3 Å². The number of rotatable bonds is 5. The lowest BCUT2D eigenvalue weighted by molar-refractivity contribution is -0.116. The van der Waals surface area contributed by atoms with Crippen molar-refractivity contribution in [1.29, 1.82) is 0 Å². The molecule has 1 fully saturated rings. The molecule has 0 spiro atoms. The Labute approximate surface area is 153 Å². The van der Waals surface area contributed by atoms with E-state index >= 15 is 0 Å². The highest BCUT2D eigenvalue weighted by molar-refractivity contribution is 5.93. The van der Waals surface area contributed by atoms with Gasteiger partial charge < -0.3 is 20.4 Å². The molecule has 0 saturated carbocycles. The third kappa shape index (κ3) is 3.45. The molecule has 0 aliphatic carbocycles. The van der Waals surface area contributed by atoms with Gasteiger partial charge in [0.1, 0.15) is 12.4 Å². The minimum absolute atomic E-state index is 0.0829. The molecule has 4 rings (SSSR count). The summed E-state index contributed by atoms with van der Waals surface area (Å²) in [5.41, 5.74) is 9.58. The van der Waals surface area contributed by atoms with Crippen LogP contribution in [-0.4, -0.2) is 52.6 Å². The fourth-order valence-electron chi connectivity index (χ4n) is 3.88. The summed E-state index contributed by atoms with van der Waals surface area (Å²) >= 11 is 0. The van der Waals surface area contributed by atoms with E-state index in [1.165, 1.54) is 5.69 Å². The largest absolute Gasteiger partial charge is 0.492 e. The summed E-state index contributed by atoms with van der Waals surface area (Å²) in [5.74, 6) is 1.25. The number of ether oxygens (including phenoxy) is 1. The molecule has 0 unspecified atom stereocenters. The Morgan fingerprint density at radius 1 is 1.35 bits per heavy atom. The van der Waals surface area contributed by atoms with E-state index in [0.29, 0.717) is 18.9 Å². The lowest BCUT2D eigenvalue weighted by atomic mass is 10.0. The lowest BCUT2D eigenvalue weighted by Gasteiger charge is -2.19. The standard InChI is InChI=1S/C19H25N5O2/c1-23-12-21-9-18(23)15-10-24(11-16(15)20)6-7-26-14-3-4-17-13(8-14)2-5-19(25)22-17/h3-4,8-9,12,15-16H,2,5-7,10-11,20H2,1H3,(H,22,25)/t15-,16-/m1/s1. The molecule has 138 valence electrons. The van der Waals surface area contributed by atoms with Crippen LogP contribution < -0.4 is 15.8 Å². The van der Waals surface area contributed by atoms with Crippen molar-refractivity contribution in [2.75, 3.05) is 31.6 Å². The number of aromatic nitrogens is 2. The number of aryl methyl sites for hydroxylation is 2. The van der Waals surface area contributed by atoms with Gasteiger partial charge in [-0.3, -0.25) is 9.69 Å². The number of carbonyl (C=O) groups is 1. The Bertz CT molecular complexity index is 803. The van der Waals surface area contributed by atoms with E-state index in [2.05, 4.69) is 19.8 Å². The van der Waals surface area contributed by atoms with Gasteiger partial charge >= 0.3 is 0 Å². The Balaban J connectivity index is 1.30. The second kappa shape index (κ2) is 7.09. The molecule has 0 radical (unpaired) electrons. The number of nitrogens with one attached hydrogen (secondary N) is 1. The number of benzene rings is 1. The number of imidazole rings is 1. The van der Waals surface area contributed by atoms with Crippen LogP contribution in [0.4, 0.5) is 5.69 Å². The number of amides is 1. The number of nitrogens with zero attached hydrogens (tertiary/aromatic N) is 3. The molecule has 0 bridgehead atoms. The molecule has 3 N–H and O–H groups in total. The van der Waals surface area contributed by atoms with E-state index in [1.54, 1.807) is 0 Å². The number of hydrogen-bond donors (Lipinski definition) is 2. The highest BCUT2D eigenvalue weighted by Crippen LogP contribution is 2.28. The molecule has 2 aliphatic heterocycles. The first kappa shape index (κ1) is 17.1. The van der Waals surface area contributed by atoms with Crippen molar-refractivity contribution in [2.45, 2.75) is 24.8 Å². The van der Waals surface area contributed by atoms with Crippen LogP contribution in [0.1, 0.15) is 23.6 Å². The van der Waals surface area contributed by atoms with Crippen molar-refractivity contribution >= 4 is 11.6 Å². The van der Waals surface area contributed by atoms with Gasteiger partial charge in [0.15, 0.2) is 0 Å². The summed E-state index contributed by atoms with van der Waals surface area (Å²) in [6.07, 6.45) is 5.05. The molecule has 2 aromatic rings. The Hall–Kier alpha value is -2.38. The van der Waals surface area contributed by atoms with E-state index in [4.69, 9.17) is 10.5 Å². The van der Waals surface area contributed by atoms with Crippen LogP contribution in [0.5, 0.6) is 5.75 Å². The topological polar surface area (TPSA) is 85.4 Å². The summed E-state index contributed by atoms with van der Waals surface area (Å²) in [6.45, 7) is 3.27. The minimum Gasteiger partial charge on any atom is -0.492 e. The first-order valence-electron chi connectivity index (χ1n) is 9.10. The molecule has 7 nitrogen and oxygen atoms in total. The minimum atomic E-state index is 0.0829. The number of carbonyl (C=O) groups excluding carboxylic acids is 1. The maximum atomic E-state index is 11.4. The zero-order valence-electron chi connectivity index (χ0n) is 15.0. The highest BCUT2D eigenvalue weighted by atomic mass is 16.5. The molecule has 2 atom stereocenters. The lowest BCUT2D eigenvalue weighted by Crippen LogP contribution is -2.30. The molecule has 26 heavy (non-hydrogen) atoms. The third-order valence-electron chi connectivity index (χ3n) is 5.32. The van der Waals surface area contributed by atoms with Gasteiger partial charge in [0, 0.05) is 62.6 Å². The first-order chi connectivity index (χ1) is 12.6. The van der Waals surface area contributed by atoms with Crippen molar-refractivity contribution in [1.82, 2.24) is 14.5 Å². The number of anilines is 1. The average molecular weight is 355 g/mol. The fourth-order valence-corrected chi connectivity index (χ4v) is 3.88. The van der Waals surface area contributed by atoms with E-state index in [9.17, 15) is 4.79 Å². The third-order valence-corrected chi connectivity index (χ3v) is 5.32. The van der Waals surface area contributed by atoms with Gasteiger partial charge in [-0.25, -0.2) is 4.98 Å². The summed E-state index contributed by atoms with van der Waals surface area (Å²) in [7, 11) is 2.01. The van der Waals surface area contributed by atoms with Crippen LogP contribution in [0, 0.1) is 0 Å². The number of nitrogens with two attached hydrogens (primary N) is 1. The van der Waals surface area contributed by atoms with Crippen molar-refractivity contribution in [3.63, 3.8) is 0 Å². The van der Waals surface area contributed by atoms with Crippen molar-refractivity contribution < 1.29 is 9.53 Å².